The number of rotatable bonds is 8. The second-order valence-electron chi connectivity index (χ2n) is 9.60. The fourth-order valence-corrected chi connectivity index (χ4v) is 4.62. The average Bonchev–Trinajstić information content (AvgIpc) is 3.37. The van der Waals surface area contributed by atoms with Crippen LogP contribution in [0.4, 0.5) is 0 Å². The van der Waals surface area contributed by atoms with Crippen molar-refractivity contribution < 1.29 is 14.7 Å². The molecule has 1 heterocycles. The first-order valence-electron chi connectivity index (χ1n) is 10.6. The number of allylic oxidation sites excluding steroid dienone is 1. The molecule has 0 bridgehead atoms. The smallest absolute Gasteiger partial charge is 0.305 e. The zero-order chi connectivity index (χ0) is 21.4. The topological polar surface area (TPSA) is 57.6 Å². The van der Waals surface area contributed by atoms with Crippen molar-refractivity contribution in [2.45, 2.75) is 71.6 Å². The minimum absolute atomic E-state index is 0.0417. The molecule has 2 aliphatic rings. The average molecular weight is 418 g/mol. The molecular weight excluding hydrogens is 386 g/mol. The van der Waals surface area contributed by atoms with E-state index in [-0.39, 0.29) is 24.8 Å². The van der Waals surface area contributed by atoms with Gasteiger partial charge in [0.05, 0.1) is 6.42 Å². The predicted octanol–water partition coefficient (Wildman–Crippen LogP) is 5.58. The van der Waals surface area contributed by atoms with E-state index in [1.807, 2.05) is 12.3 Å². The number of hydrogen-bond donors (Lipinski definition) is 1. The lowest BCUT2D eigenvalue weighted by Crippen LogP contribution is -2.42. The van der Waals surface area contributed by atoms with Crippen LogP contribution in [0.5, 0.6) is 0 Å². The molecular formula is C24H32ClNO3. The minimum Gasteiger partial charge on any atom is -0.481 e. The van der Waals surface area contributed by atoms with Gasteiger partial charge in [-0.2, -0.15) is 0 Å². The molecule has 0 unspecified atom stereocenters. The molecule has 1 saturated carbocycles. The van der Waals surface area contributed by atoms with Crippen molar-refractivity contribution in [3.63, 3.8) is 0 Å². The van der Waals surface area contributed by atoms with E-state index in [9.17, 15) is 9.59 Å². The Kier molecular flexibility index (Phi) is 6.14. The summed E-state index contributed by atoms with van der Waals surface area (Å²) in [7, 11) is 0. The molecule has 1 amide bonds. The lowest BCUT2D eigenvalue weighted by Gasteiger charge is -2.41. The standard InChI is InChI=1S/C24H32ClNO3/c1-16(2)19-15-26(12-8-22(28)29)21(27)14-24(19,4)18-6-5-17(20(25)13-18)7-9-23(3)10-11-23/h5-6,13,15-16H,7-12,14H2,1-4H3,(H,28,29)/t24-/m1/s1. The number of carbonyl (C=O) groups excluding carboxylic acids is 1. The van der Waals surface area contributed by atoms with E-state index in [1.54, 1.807) is 4.90 Å². The van der Waals surface area contributed by atoms with Crippen LogP contribution in [0.25, 0.3) is 0 Å². The highest BCUT2D eigenvalue weighted by molar-refractivity contribution is 6.31. The monoisotopic (exact) mass is 417 g/mol. The number of carbonyl (C=O) groups is 2. The third kappa shape index (κ3) is 4.85. The van der Waals surface area contributed by atoms with Crippen LogP contribution in [0.3, 0.4) is 0 Å². The number of hydrogen-bond acceptors (Lipinski definition) is 2. The summed E-state index contributed by atoms with van der Waals surface area (Å²) in [6, 6.07) is 6.27. The van der Waals surface area contributed by atoms with Gasteiger partial charge in [0.15, 0.2) is 0 Å². The van der Waals surface area contributed by atoms with Gasteiger partial charge in [-0.25, -0.2) is 0 Å². The summed E-state index contributed by atoms with van der Waals surface area (Å²) >= 11 is 6.66. The molecule has 0 aromatic heterocycles. The number of aryl methyl sites for hydroxylation is 1. The minimum atomic E-state index is -0.895. The van der Waals surface area contributed by atoms with Crippen LogP contribution in [-0.4, -0.2) is 28.4 Å². The van der Waals surface area contributed by atoms with Gasteiger partial charge in [-0.1, -0.05) is 51.4 Å². The third-order valence-electron chi connectivity index (χ3n) is 6.74. The molecule has 1 atom stereocenters. The quantitative estimate of drug-likeness (QED) is 0.600. The molecule has 0 spiro atoms. The van der Waals surface area contributed by atoms with E-state index in [4.69, 9.17) is 16.7 Å². The zero-order valence-corrected chi connectivity index (χ0v) is 18.7. The maximum absolute atomic E-state index is 12.8. The van der Waals surface area contributed by atoms with Crippen LogP contribution >= 0.6 is 11.6 Å². The van der Waals surface area contributed by atoms with Crippen LogP contribution in [-0.2, 0) is 21.4 Å². The summed E-state index contributed by atoms with van der Waals surface area (Å²) in [5.74, 6) is -0.707. The summed E-state index contributed by atoms with van der Waals surface area (Å²) in [6.07, 6.45) is 6.91. The van der Waals surface area contributed by atoms with Crippen LogP contribution in [0.2, 0.25) is 5.02 Å². The molecule has 1 aromatic carbocycles. The number of nitrogens with zero attached hydrogens (tertiary/aromatic N) is 1. The predicted molar refractivity (Wildman–Crippen MR) is 116 cm³/mol. The van der Waals surface area contributed by atoms with Gasteiger partial charge in [-0.05, 0) is 59.8 Å². The van der Waals surface area contributed by atoms with Crippen molar-refractivity contribution in [1.82, 2.24) is 4.90 Å². The first-order valence-corrected chi connectivity index (χ1v) is 10.9. The number of halogens is 1. The molecule has 5 heteroatoms. The SMILES string of the molecule is CC(C)C1=CN(CCC(=O)O)C(=O)C[C@]1(C)c1ccc(CCC2(C)CC2)c(Cl)c1. The van der Waals surface area contributed by atoms with Crippen molar-refractivity contribution in [3.05, 3.63) is 46.1 Å². The van der Waals surface area contributed by atoms with Crippen molar-refractivity contribution >= 4 is 23.5 Å². The van der Waals surface area contributed by atoms with E-state index >= 15 is 0 Å². The van der Waals surface area contributed by atoms with Gasteiger partial charge in [0, 0.05) is 29.6 Å². The summed E-state index contributed by atoms with van der Waals surface area (Å²) in [6.45, 7) is 8.86. The van der Waals surface area contributed by atoms with E-state index < -0.39 is 11.4 Å². The molecule has 0 saturated heterocycles. The Bertz CT molecular complexity index is 841. The molecule has 29 heavy (non-hydrogen) atoms. The Hall–Kier alpha value is -1.81. The van der Waals surface area contributed by atoms with Crippen LogP contribution in [0, 0.1) is 11.3 Å². The number of carboxylic acids is 1. The molecule has 158 valence electrons. The van der Waals surface area contributed by atoms with Crippen LogP contribution in [0.1, 0.15) is 70.9 Å². The van der Waals surface area contributed by atoms with Gasteiger partial charge in [0.2, 0.25) is 5.91 Å². The maximum atomic E-state index is 12.8. The molecule has 3 rings (SSSR count). The van der Waals surface area contributed by atoms with Crippen molar-refractivity contribution in [2.75, 3.05) is 6.54 Å². The number of amides is 1. The Labute approximate surface area is 178 Å². The van der Waals surface area contributed by atoms with Gasteiger partial charge < -0.3 is 10.0 Å². The molecule has 1 N–H and O–H groups in total. The van der Waals surface area contributed by atoms with Gasteiger partial charge >= 0.3 is 5.97 Å². The highest BCUT2D eigenvalue weighted by atomic mass is 35.5. The lowest BCUT2D eigenvalue weighted by atomic mass is 9.68. The summed E-state index contributed by atoms with van der Waals surface area (Å²) < 4.78 is 0. The Balaban J connectivity index is 1.86. The first kappa shape index (κ1) is 21.9. The van der Waals surface area contributed by atoms with E-state index in [0.717, 1.165) is 29.0 Å². The zero-order valence-electron chi connectivity index (χ0n) is 17.9. The van der Waals surface area contributed by atoms with Crippen molar-refractivity contribution in [2.24, 2.45) is 11.3 Å². The van der Waals surface area contributed by atoms with Gasteiger partial charge in [-0.15, -0.1) is 0 Å². The van der Waals surface area contributed by atoms with E-state index in [0.29, 0.717) is 11.8 Å². The largest absolute Gasteiger partial charge is 0.481 e. The summed E-state index contributed by atoms with van der Waals surface area (Å²) in [4.78, 5) is 25.3. The molecule has 0 radical (unpaired) electrons. The van der Waals surface area contributed by atoms with Gasteiger partial charge in [0.1, 0.15) is 0 Å². The molecule has 1 aromatic rings. The van der Waals surface area contributed by atoms with Crippen LogP contribution < -0.4 is 0 Å². The molecule has 1 fully saturated rings. The summed E-state index contributed by atoms with van der Waals surface area (Å²) in [5, 5.41) is 9.74. The number of aliphatic carboxylic acids is 1. The molecule has 1 aliphatic heterocycles. The lowest BCUT2D eigenvalue weighted by molar-refractivity contribution is -0.138. The van der Waals surface area contributed by atoms with Crippen LogP contribution in [0.15, 0.2) is 30.0 Å². The number of carboxylic acid groups (broad SMARTS) is 1. The van der Waals surface area contributed by atoms with Gasteiger partial charge in [0.25, 0.3) is 0 Å². The normalized spacial score (nSPS) is 23.3. The second-order valence-corrected chi connectivity index (χ2v) is 10.0. The summed E-state index contributed by atoms with van der Waals surface area (Å²) in [5.41, 5.74) is 3.42. The Morgan fingerprint density at radius 3 is 2.52 bits per heavy atom. The molecule has 1 aliphatic carbocycles. The fourth-order valence-electron chi connectivity index (χ4n) is 4.34. The highest BCUT2D eigenvalue weighted by Gasteiger charge is 2.40. The second kappa shape index (κ2) is 8.14. The maximum Gasteiger partial charge on any atom is 0.305 e. The Morgan fingerprint density at radius 1 is 1.28 bits per heavy atom. The third-order valence-corrected chi connectivity index (χ3v) is 7.09. The fraction of sp³-hybridized carbons (Fsp3) is 0.583. The first-order chi connectivity index (χ1) is 13.5. The van der Waals surface area contributed by atoms with E-state index in [2.05, 4.69) is 39.8 Å². The van der Waals surface area contributed by atoms with Crippen molar-refractivity contribution in [1.29, 1.82) is 0 Å². The van der Waals surface area contributed by atoms with Gasteiger partial charge in [-0.3, -0.25) is 9.59 Å². The Morgan fingerprint density at radius 2 is 1.97 bits per heavy atom. The van der Waals surface area contributed by atoms with Crippen molar-refractivity contribution in [3.8, 4) is 0 Å². The van der Waals surface area contributed by atoms with E-state index in [1.165, 1.54) is 18.4 Å². The highest BCUT2D eigenvalue weighted by Crippen LogP contribution is 2.49. The number of benzene rings is 1. The molecule has 4 nitrogen and oxygen atoms in total.